The van der Waals surface area contributed by atoms with Gasteiger partial charge in [0.05, 0.1) is 17.4 Å². The van der Waals surface area contributed by atoms with Crippen molar-refractivity contribution in [2.75, 3.05) is 18.1 Å². The number of esters is 1. The molecule has 2 aromatic heterocycles. The molecule has 134 valence electrons. The standard InChI is InChI=1S/C18H24N4O3/c1-4-6-15-17(13(3)21-25-15)18(23)24-11-14-7-5-10-22(14)16-9-8-12(2)19-20-16/h8-9,14H,4-7,10-11H2,1-3H3. The summed E-state index contributed by atoms with van der Waals surface area (Å²) in [6.07, 6.45) is 3.58. The van der Waals surface area contributed by atoms with Gasteiger partial charge in [0.2, 0.25) is 0 Å². The van der Waals surface area contributed by atoms with Gasteiger partial charge in [-0.25, -0.2) is 4.79 Å². The SMILES string of the molecule is CCCc1onc(C)c1C(=O)OCC1CCCN1c1ccc(C)nn1. The van der Waals surface area contributed by atoms with E-state index in [4.69, 9.17) is 9.26 Å². The van der Waals surface area contributed by atoms with Gasteiger partial charge in [-0.1, -0.05) is 12.1 Å². The Hall–Kier alpha value is -2.44. The van der Waals surface area contributed by atoms with Gasteiger partial charge in [0.15, 0.2) is 11.6 Å². The van der Waals surface area contributed by atoms with Crippen LogP contribution in [0.1, 0.15) is 53.7 Å². The summed E-state index contributed by atoms with van der Waals surface area (Å²) >= 11 is 0. The van der Waals surface area contributed by atoms with Crippen molar-refractivity contribution < 1.29 is 14.1 Å². The van der Waals surface area contributed by atoms with Gasteiger partial charge in [-0.15, -0.1) is 5.10 Å². The molecular weight excluding hydrogens is 320 g/mol. The molecule has 1 aliphatic rings. The van der Waals surface area contributed by atoms with Crippen LogP contribution in [0.2, 0.25) is 0 Å². The number of carbonyl (C=O) groups excluding carboxylic acids is 1. The van der Waals surface area contributed by atoms with Gasteiger partial charge in [-0.2, -0.15) is 5.10 Å². The molecule has 1 unspecified atom stereocenters. The van der Waals surface area contributed by atoms with Crippen molar-refractivity contribution in [2.24, 2.45) is 0 Å². The second-order valence-electron chi connectivity index (χ2n) is 6.44. The fourth-order valence-electron chi connectivity index (χ4n) is 3.18. The van der Waals surface area contributed by atoms with Crippen LogP contribution in [0.3, 0.4) is 0 Å². The third-order valence-corrected chi connectivity index (χ3v) is 4.48. The third-order valence-electron chi connectivity index (χ3n) is 4.48. The molecule has 2 aromatic rings. The molecule has 0 radical (unpaired) electrons. The summed E-state index contributed by atoms with van der Waals surface area (Å²) in [4.78, 5) is 14.7. The molecule has 0 amide bonds. The van der Waals surface area contributed by atoms with E-state index in [0.717, 1.165) is 37.3 Å². The van der Waals surface area contributed by atoms with Crippen LogP contribution in [0, 0.1) is 13.8 Å². The minimum absolute atomic E-state index is 0.121. The fraction of sp³-hybridized carbons (Fsp3) is 0.556. The molecule has 25 heavy (non-hydrogen) atoms. The number of rotatable bonds is 6. The topological polar surface area (TPSA) is 81.4 Å². The molecule has 1 saturated heterocycles. The Morgan fingerprint density at radius 1 is 1.36 bits per heavy atom. The van der Waals surface area contributed by atoms with E-state index in [1.165, 1.54) is 0 Å². The maximum atomic E-state index is 12.5. The lowest BCUT2D eigenvalue weighted by molar-refractivity contribution is 0.0479. The average molecular weight is 344 g/mol. The van der Waals surface area contributed by atoms with Crippen molar-refractivity contribution in [3.05, 3.63) is 34.8 Å². The minimum atomic E-state index is -0.357. The molecular formula is C18H24N4O3. The van der Waals surface area contributed by atoms with E-state index in [1.54, 1.807) is 6.92 Å². The van der Waals surface area contributed by atoms with Gasteiger partial charge >= 0.3 is 5.97 Å². The molecule has 1 atom stereocenters. The molecule has 3 heterocycles. The first kappa shape index (κ1) is 17.4. The molecule has 0 aliphatic carbocycles. The molecule has 1 fully saturated rings. The van der Waals surface area contributed by atoms with Crippen LogP contribution in [0.25, 0.3) is 0 Å². The zero-order valence-electron chi connectivity index (χ0n) is 15.0. The predicted molar refractivity (Wildman–Crippen MR) is 92.7 cm³/mol. The third kappa shape index (κ3) is 3.81. The maximum Gasteiger partial charge on any atom is 0.343 e. The largest absolute Gasteiger partial charge is 0.460 e. The van der Waals surface area contributed by atoms with Gasteiger partial charge in [-0.3, -0.25) is 0 Å². The summed E-state index contributed by atoms with van der Waals surface area (Å²) in [7, 11) is 0. The Balaban J connectivity index is 1.65. The smallest absolute Gasteiger partial charge is 0.343 e. The number of anilines is 1. The van der Waals surface area contributed by atoms with E-state index in [2.05, 4.69) is 20.3 Å². The summed E-state index contributed by atoms with van der Waals surface area (Å²) in [6, 6.07) is 4.03. The first-order chi connectivity index (χ1) is 12.1. The molecule has 0 bridgehead atoms. The van der Waals surface area contributed by atoms with E-state index >= 15 is 0 Å². The molecule has 1 aliphatic heterocycles. The highest BCUT2D eigenvalue weighted by Crippen LogP contribution is 2.24. The highest BCUT2D eigenvalue weighted by atomic mass is 16.5. The van der Waals surface area contributed by atoms with Crippen LogP contribution in [0.15, 0.2) is 16.7 Å². The Bertz CT molecular complexity index is 726. The van der Waals surface area contributed by atoms with Crippen molar-refractivity contribution >= 4 is 11.8 Å². The normalized spacial score (nSPS) is 17.1. The number of carbonyl (C=O) groups is 1. The van der Waals surface area contributed by atoms with E-state index in [1.807, 2.05) is 26.0 Å². The van der Waals surface area contributed by atoms with Crippen molar-refractivity contribution in [1.82, 2.24) is 15.4 Å². The van der Waals surface area contributed by atoms with Crippen molar-refractivity contribution in [3.63, 3.8) is 0 Å². The zero-order chi connectivity index (χ0) is 17.8. The average Bonchev–Trinajstić information content (AvgIpc) is 3.21. The van der Waals surface area contributed by atoms with E-state index < -0.39 is 0 Å². The molecule has 7 nitrogen and oxygen atoms in total. The van der Waals surface area contributed by atoms with Crippen LogP contribution in [0.4, 0.5) is 5.82 Å². The van der Waals surface area contributed by atoms with Crippen molar-refractivity contribution in [1.29, 1.82) is 0 Å². The molecule has 0 spiro atoms. The van der Waals surface area contributed by atoms with Gasteiger partial charge in [-0.05, 0) is 45.2 Å². The summed E-state index contributed by atoms with van der Waals surface area (Å²) in [5, 5.41) is 12.3. The molecule has 0 saturated carbocycles. The molecule has 3 rings (SSSR count). The zero-order valence-corrected chi connectivity index (χ0v) is 15.0. The molecule has 7 heteroatoms. The van der Waals surface area contributed by atoms with Crippen LogP contribution >= 0.6 is 0 Å². The number of aromatic nitrogens is 3. The summed E-state index contributed by atoms with van der Waals surface area (Å²) in [6.45, 7) is 6.93. The minimum Gasteiger partial charge on any atom is -0.460 e. The fourth-order valence-corrected chi connectivity index (χ4v) is 3.18. The first-order valence-electron chi connectivity index (χ1n) is 8.79. The lowest BCUT2D eigenvalue weighted by Crippen LogP contribution is -2.34. The number of aryl methyl sites for hydroxylation is 3. The van der Waals surface area contributed by atoms with Crippen LogP contribution in [0.5, 0.6) is 0 Å². The van der Waals surface area contributed by atoms with Gasteiger partial charge < -0.3 is 14.2 Å². The van der Waals surface area contributed by atoms with Crippen LogP contribution in [-0.2, 0) is 11.2 Å². The van der Waals surface area contributed by atoms with Crippen LogP contribution in [-0.4, -0.2) is 40.5 Å². The monoisotopic (exact) mass is 344 g/mol. The Kier molecular flexibility index (Phi) is 5.31. The molecule has 0 N–H and O–H groups in total. The number of ether oxygens (including phenoxy) is 1. The Morgan fingerprint density at radius 3 is 2.92 bits per heavy atom. The number of hydrogen-bond donors (Lipinski definition) is 0. The van der Waals surface area contributed by atoms with E-state index in [-0.39, 0.29) is 12.0 Å². The quantitative estimate of drug-likeness (QED) is 0.745. The second-order valence-corrected chi connectivity index (χ2v) is 6.44. The summed E-state index contributed by atoms with van der Waals surface area (Å²) < 4.78 is 10.8. The van der Waals surface area contributed by atoms with E-state index in [9.17, 15) is 4.79 Å². The number of nitrogens with zero attached hydrogens (tertiary/aromatic N) is 4. The summed E-state index contributed by atoms with van der Waals surface area (Å²) in [5.41, 5.74) is 1.94. The van der Waals surface area contributed by atoms with Gasteiger partial charge in [0.25, 0.3) is 0 Å². The lowest BCUT2D eigenvalue weighted by Gasteiger charge is -2.24. The maximum absolute atomic E-state index is 12.5. The summed E-state index contributed by atoms with van der Waals surface area (Å²) in [5.74, 6) is 1.08. The molecule has 0 aromatic carbocycles. The first-order valence-corrected chi connectivity index (χ1v) is 8.79. The Morgan fingerprint density at radius 2 is 2.20 bits per heavy atom. The van der Waals surface area contributed by atoms with Gasteiger partial charge in [0, 0.05) is 13.0 Å². The second kappa shape index (κ2) is 7.63. The highest BCUT2D eigenvalue weighted by Gasteiger charge is 2.29. The van der Waals surface area contributed by atoms with Crippen molar-refractivity contribution in [2.45, 2.75) is 52.5 Å². The predicted octanol–water partition coefficient (Wildman–Crippen LogP) is 2.86. The number of hydrogen-bond acceptors (Lipinski definition) is 7. The highest BCUT2D eigenvalue weighted by molar-refractivity contribution is 5.91. The lowest BCUT2D eigenvalue weighted by atomic mass is 10.1. The Labute approximate surface area is 147 Å². The van der Waals surface area contributed by atoms with Crippen LogP contribution < -0.4 is 4.90 Å². The van der Waals surface area contributed by atoms with Gasteiger partial charge in [0.1, 0.15) is 12.2 Å². The van der Waals surface area contributed by atoms with Crippen molar-refractivity contribution in [3.8, 4) is 0 Å². The van der Waals surface area contributed by atoms with E-state index in [0.29, 0.717) is 30.0 Å².